The molecule has 2 aromatic rings. The molecule has 1 heterocycles. The number of nitrogens with one attached hydrogen (secondary N) is 1. The Hall–Kier alpha value is -2.63. The lowest BCUT2D eigenvalue weighted by Gasteiger charge is -2.07. The third-order valence-corrected chi connectivity index (χ3v) is 3.36. The van der Waals surface area contributed by atoms with Crippen LogP contribution in [-0.2, 0) is 13.6 Å². The second-order valence-corrected chi connectivity index (χ2v) is 4.95. The number of carboxylic acid groups (broad SMARTS) is 1. The van der Waals surface area contributed by atoms with E-state index in [1.807, 2.05) is 14.0 Å². The Morgan fingerprint density at radius 3 is 2.48 bits per heavy atom. The molecule has 1 aromatic carbocycles. The van der Waals surface area contributed by atoms with Gasteiger partial charge in [0.05, 0.1) is 11.8 Å². The van der Waals surface area contributed by atoms with Crippen molar-refractivity contribution in [3.8, 4) is 0 Å². The van der Waals surface area contributed by atoms with Gasteiger partial charge in [0.15, 0.2) is 0 Å². The summed E-state index contributed by atoms with van der Waals surface area (Å²) in [6.45, 7) is 4.03. The number of amides is 1. The van der Waals surface area contributed by atoms with Gasteiger partial charge in [-0.05, 0) is 37.6 Å². The lowest BCUT2D eigenvalue weighted by atomic mass is 10.1. The average Bonchev–Trinajstić information content (AvgIpc) is 2.75. The van der Waals surface area contributed by atoms with Gasteiger partial charge >= 0.3 is 5.97 Å². The van der Waals surface area contributed by atoms with E-state index in [9.17, 15) is 9.59 Å². The third kappa shape index (κ3) is 3.28. The summed E-state index contributed by atoms with van der Waals surface area (Å²) < 4.78 is 1.73. The van der Waals surface area contributed by atoms with Gasteiger partial charge in [-0.1, -0.05) is 0 Å². The van der Waals surface area contributed by atoms with Crippen LogP contribution in [0.25, 0.3) is 0 Å². The summed E-state index contributed by atoms with van der Waals surface area (Å²) in [5.74, 6) is -1.35. The molecule has 2 rings (SSSR count). The highest BCUT2D eigenvalue weighted by Gasteiger charge is 2.12. The molecule has 1 aromatic heterocycles. The topological polar surface area (TPSA) is 84.2 Å². The van der Waals surface area contributed by atoms with Crippen molar-refractivity contribution in [3.05, 3.63) is 52.3 Å². The zero-order valence-corrected chi connectivity index (χ0v) is 12.2. The fourth-order valence-electron chi connectivity index (χ4n) is 2.03. The third-order valence-electron chi connectivity index (χ3n) is 3.36. The Labute approximate surface area is 122 Å². The molecule has 0 radical (unpaired) electrons. The molecule has 6 nitrogen and oxygen atoms in total. The molecular weight excluding hydrogens is 270 g/mol. The van der Waals surface area contributed by atoms with Crippen molar-refractivity contribution in [3.63, 3.8) is 0 Å². The normalized spacial score (nSPS) is 10.4. The first kappa shape index (κ1) is 14.8. The number of carboxylic acids is 1. The molecule has 0 aliphatic carbocycles. The summed E-state index contributed by atoms with van der Waals surface area (Å²) >= 11 is 0. The van der Waals surface area contributed by atoms with Crippen LogP contribution < -0.4 is 5.32 Å². The van der Waals surface area contributed by atoms with E-state index in [0.717, 1.165) is 16.8 Å². The molecule has 21 heavy (non-hydrogen) atoms. The van der Waals surface area contributed by atoms with Crippen LogP contribution in [0.2, 0.25) is 0 Å². The number of nitrogens with zero attached hydrogens (tertiary/aromatic N) is 2. The summed E-state index contributed by atoms with van der Waals surface area (Å²) in [6, 6.07) is 4.57. The maximum absolute atomic E-state index is 12.1. The Kier molecular flexibility index (Phi) is 4.07. The fourth-order valence-corrected chi connectivity index (χ4v) is 2.03. The first-order valence-corrected chi connectivity index (χ1v) is 6.49. The van der Waals surface area contributed by atoms with Crippen LogP contribution in [0, 0.1) is 13.8 Å². The molecular formula is C15H17N3O3. The smallest absolute Gasteiger partial charge is 0.335 e. The number of hydrogen-bond donors (Lipinski definition) is 2. The van der Waals surface area contributed by atoms with Crippen LogP contribution in [-0.4, -0.2) is 26.8 Å². The fraction of sp³-hybridized carbons (Fsp3) is 0.267. The minimum absolute atomic E-state index is 0.109. The lowest BCUT2D eigenvalue weighted by Crippen LogP contribution is -2.23. The molecule has 0 spiro atoms. The number of aryl methyl sites for hydroxylation is 2. The van der Waals surface area contributed by atoms with Crippen molar-refractivity contribution in [2.75, 3.05) is 0 Å². The molecule has 0 aliphatic rings. The van der Waals surface area contributed by atoms with Gasteiger partial charge in [0.1, 0.15) is 0 Å². The number of benzene rings is 1. The Balaban J connectivity index is 2.13. The van der Waals surface area contributed by atoms with E-state index in [1.165, 1.54) is 12.1 Å². The van der Waals surface area contributed by atoms with Gasteiger partial charge in [0.2, 0.25) is 0 Å². The molecule has 0 atom stereocenters. The Morgan fingerprint density at radius 2 is 1.90 bits per heavy atom. The highest BCUT2D eigenvalue weighted by molar-refractivity contribution is 5.97. The van der Waals surface area contributed by atoms with Gasteiger partial charge in [0.25, 0.3) is 5.91 Å². The number of hydrogen-bond acceptors (Lipinski definition) is 3. The minimum atomic E-state index is -1.05. The van der Waals surface area contributed by atoms with Crippen molar-refractivity contribution in [2.24, 2.45) is 7.05 Å². The van der Waals surface area contributed by atoms with E-state index in [2.05, 4.69) is 10.4 Å². The quantitative estimate of drug-likeness (QED) is 0.895. The van der Waals surface area contributed by atoms with Crippen LogP contribution >= 0.6 is 0 Å². The van der Waals surface area contributed by atoms with Crippen molar-refractivity contribution in [1.29, 1.82) is 0 Å². The first-order chi connectivity index (χ1) is 9.88. The number of aromatic nitrogens is 2. The average molecular weight is 287 g/mol. The summed E-state index contributed by atoms with van der Waals surface area (Å²) in [4.78, 5) is 23.1. The second-order valence-electron chi connectivity index (χ2n) is 4.95. The molecule has 6 heteroatoms. The minimum Gasteiger partial charge on any atom is -0.478 e. The molecule has 1 amide bonds. The van der Waals surface area contributed by atoms with E-state index >= 15 is 0 Å². The van der Waals surface area contributed by atoms with Gasteiger partial charge in [-0.2, -0.15) is 5.10 Å². The molecule has 0 unspecified atom stereocenters. The molecule has 0 saturated carbocycles. The number of carbonyl (C=O) groups excluding carboxylic acids is 1. The van der Waals surface area contributed by atoms with E-state index in [-0.39, 0.29) is 11.5 Å². The number of carbonyl (C=O) groups is 2. The van der Waals surface area contributed by atoms with E-state index in [1.54, 1.807) is 23.9 Å². The van der Waals surface area contributed by atoms with Crippen molar-refractivity contribution < 1.29 is 14.7 Å². The van der Waals surface area contributed by atoms with E-state index in [4.69, 9.17) is 5.11 Å². The predicted octanol–water partition coefficient (Wildman–Crippen LogP) is 1.67. The lowest BCUT2D eigenvalue weighted by molar-refractivity contribution is 0.0696. The van der Waals surface area contributed by atoms with Crippen LogP contribution in [0.1, 0.15) is 37.5 Å². The molecule has 110 valence electrons. The summed E-state index contributed by atoms with van der Waals surface area (Å²) in [5, 5.41) is 15.9. The molecule has 0 fully saturated rings. The highest BCUT2D eigenvalue weighted by Crippen LogP contribution is 2.11. The Bertz CT molecular complexity index is 704. The maximum Gasteiger partial charge on any atom is 0.335 e. The standard InChI is InChI=1S/C15H17N3O3/c1-9-4-11(6-12(5-9)15(20)21)14(19)16-7-13-8-17-18(3)10(13)2/h4-6,8H,7H2,1-3H3,(H,16,19)(H,20,21). The molecule has 0 bridgehead atoms. The molecule has 0 saturated heterocycles. The van der Waals surface area contributed by atoms with Crippen LogP contribution in [0.5, 0.6) is 0 Å². The van der Waals surface area contributed by atoms with E-state index < -0.39 is 5.97 Å². The van der Waals surface area contributed by atoms with Gasteiger partial charge in [-0.3, -0.25) is 9.48 Å². The van der Waals surface area contributed by atoms with Gasteiger partial charge in [-0.25, -0.2) is 4.79 Å². The highest BCUT2D eigenvalue weighted by atomic mass is 16.4. The first-order valence-electron chi connectivity index (χ1n) is 6.49. The zero-order chi connectivity index (χ0) is 15.6. The summed E-state index contributed by atoms with van der Waals surface area (Å²) in [6.07, 6.45) is 1.70. The summed E-state index contributed by atoms with van der Waals surface area (Å²) in [5.41, 5.74) is 3.09. The number of rotatable bonds is 4. The van der Waals surface area contributed by atoms with Crippen molar-refractivity contribution in [2.45, 2.75) is 20.4 Å². The molecule has 0 aliphatic heterocycles. The van der Waals surface area contributed by atoms with Gasteiger partial charge in [-0.15, -0.1) is 0 Å². The van der Waals surface area contributed by atoms with Crippen molar-refractivity contribution >= 4 is 11.9 Å². The Morgan fingerprint density at radius 1 is 1.24 bits per heavy atom. The van der Waals surface area contributed by atoms with Crippen LogP contribution in [0.3, 0.4) is 0 Å². The monoisotopic (exact) mass is 287 g/mol. The second kappa shape index (κ2) is 5.78. The van der Waals surface area contributed by atoms with E-state index in [0.29, 0.717) is 12.1 Å². The van der Waals surface area contributed by atoms with Crippen LogP contribution in [0.15, 0.2) is 24.4 Å². The molecule has 2 N–H and O–H groups in total. The van der Waals surface area contributed by atoms with Gasteiger partial charge < -0.3 is 10.4 Å². The SMILES string of the molecule is Cc1cc(C(=O)O)cc(C(=O)NCc2cnn(C)c2C)c1. The predicted molar refractivity (Wildman–Crippen MR) is 77.3 cm³/mol. The van der Waals surface area contributed by atoms with Crippen LogP contribution in [0.4, 0.5) is 0 Å². The largest absolute Gasteiger partial charge is 0.478 e. The van der Waals surface area contributed by atoms with Gasteiger partial charge in [0, 0.05) is 30.4 Å². The summed E-state index contributed by atoms with van der Waals surface area (Å²) in [7, 11) is 1.83. The maximum atomic E-state index is 12.1. The van der Waals surface area contributed by atoms with Crippen molar-refractivity contribution in [1.82, 2.24) is 15.1 Å². The zero-order valence-electron chi connectivity index (χ0n) is 12.2. The number of aromatic carboxylic acids is 1.